The van der Waals surface area contributed by atoms with E-state index in [0.717, 1.165) is 0 Å². The number of piperazine rings is 1. The fraction of sp³-hybridized carbons (Fsp3) is 0.538. The van der Waals surface area contributed by atoms with Crippen molar-refractivity contribution in [3.63, 3.8) is 0 Å². The maximum absolute atomic E-state index is 11.6. The predicted molar refractivity (Wildman–Crippen MR) is 69.5 cm³/mol. The van der Waals surface area contributed by atoms with Gasteiger partial charge in [0.2, 0.25) is 0 Å². The van der Waals surface area contributed by atoms with Crippen molar-refractivity contribution < 1.29 is 18.7 Å². The minimum atomic E-state index is -0.272. The van der Waals surface area contributed by atoms with Gasteiger partial charge in [0.15, 0.2) is 17.4 Å². The van der Waals surface area contributed by atoms with Gasteiger partial charge < -0.3 is 19.0 Å². The van der Waals surface area contributed by atoms with E-state index in [4.69, 9.17) is 9.15 Å². The lowest BCUT2D eigenvalue weighted by Gasteiger charge is -2.33. The van der Waals surface area contributed by atoms with Crippen LogP contribution in [0.4, 0.5) is 10.7 Å². The summed E-state index contributed by atoms with van der Waals surface area (Å²) in [6.07, 6.45) is -0.272. The molecule has 0 atom stereocenters. The fourth-order valence-electron chi connectivity index (χ4n) is 2.01. The fourth-order valence-corrected chi connectivity index (χ4v) is 2.01. The molecule has 1 aliphatic rings. The summed E-state index contributed by atoms with van der Waals surface area (Å²) >= 11 is 0. The number of nitrogens with zero attached hydrogens (tertiary/aromatic N) is 2. The normalized spacial score (nSPS) is 15.5. The number of amides is 1. The molecule has 1 aromatic rings. The molecule has 1 aliphatic heterocycles. The summed E-state index contributed by atoms with van der Waals surface area (Å²) in [7, 11) is 0. The van der Waals surface area contributed by atoms with E-state index in [2.05, 4.69) is 0 Å². The van der Waals surface area contributed by atoms with Crippen molar-refractivity contribution in [3.05, 3.63) is 17.9 Å². The van der Waals surface area contributed by atoms with Gasteiger partial charge in [0.05, 0.1) is 6.61 Å². The van der Waals surface area contributed by atoms with E-state index >= 15 is 0 Å². The smallest absolute Gasteiger partial charge is 0.409 e. The van der Waals surface area contributed by atoms with E-state index < -0.39 is 0 Å². The molecule has 19 heavy (non-hydrogen) atoms. The number of ketones is 1. The molecule has 2 rings (SSSR count). The Morgan fingerprint density at radius 1 is 1.26 bits per heavy atom. The zero-order valence-electron chi connectivity index (χ0n) is 11.2. The zero-order chi connectivity index (χ0) is 13.8. The number of rotatable bonds is 3. The van der Waals surface area contributed by atoms with E-state index in [1.807, 2.05) is 4.90 Å². The average Bonchev–Trinajstić information content (AvgIpc) is 2.89. The average molecular weight is 266 g/mol. The number of furan rings is 1. The van der Waals surface area contributed by atoms with Crippen molar-refractivity contribution in [2.75, 3.05) is 37.7 Å². The summed E-state index contributed by atoms with van der Waals surface area (Å²) in [6, 6.07) is 3.46. The molecule has 0 unspecified atom stereocenters. The molecule has 0 N–H and O–H groups in total. The van der Waals surface area contributed by atoms with Crippen LogP contribution in [0.2, 0.25) is 0 Å². The minimum Gasteiger partial charge on any atom is -0.450 e. The highest BCUT2D eigenvalue weighted by Gasteiger charge is 2.23. The van der Waals surface area contributed by atoms with Crippen LogP contribution in [0, 0.1) is 0 Å². The van der Waals surface area contributed by atoms with Crippen molar-refractivity contribution >= 4 is 17.8 Å². The number of hydrogen-bond donors (Lipinski definition) is 0. The molecule has 0 spiro atoms. The Kier molecular flexibility index (Phi) is 4.09. The van der Waals surface area contributed by atoms with E-state index in [-0.39, 0.29) is 11.9 Å². The number of Topliss-reactive ketones (excluding diaryl/α,β-unsaturated/α-hetero) is 1. The Labute approximate surface area is 111 Å². The second-order valence-electron chi connectivity index (χ2n) is 4.37. The topological polar surface area (TPSA) is 63.0 Å². The Morgan fingerprint density at radius 2 is 1.95 bits per heavy atom. The van der Waals surface area contributed by atoms with E-state index in [0.29, 0.717) is 44.4 Å². The van der Waals surface area contributed by atoms with Crippen molar-refractivity contribution in [3.8, 4) is 0 Å². The quantitative estimate of drug-likeness (QED) is 0.780. The molecule has 1 amide bonds. The molecule has 1 fully saturated rings. The van der Waals surface area contributed by atoms with Gasteiger partial charge in [-0.05, 0) is 13.0 Å². The molecule has 0 aliphatic carbocycles. The first-order chi connectivity index (χ1) is 9.11. The molecule has 0 bridgehead atoms. The van der Waals surface area contributed by atoms with Gasteiger partial charge in [-0.15, -0.1) is 0 Å². The summed E-state index contributed by atoms with van der Waals surface area (Å²) < 4.78 is 10.4. The molecule has 0 radical (unpaired) electrons. The van der Waals surface area contributed by atoms with E-state index in [1.54, 1.807) is 24.0 Å². The van der Waals surface area contributed by atoms with Gasteiger partial charge in [0.25, 0.3) is 0 Å². The largest absolute Gasteiger partial charge is 0.450 e. The molecule has 2 heterocycles. The molecule has 0 aromatic carbocycles. The molecule has 1 saturated heterocycles. The monoisotopic (exact) mass is 266 g/mol. The Morgan fingerprint density at radius 3 is 2.47 bits per heavy atom. The third-order valence-electron chi connectivity index (χ3n) is 3.06. The second kappa shape index (κ2) is 5.77. The van der Waals surface area contributed by atoms with Gasteiger partial charge in [-0.1, -0.05) is 0 Å². The molecular formula is C13H18N2O4. The maximum atomic E-state index is 11.6. The molecule has 6 nitrogen and oxygen atoms in total. The molecular weight excluding hydrogens is 248 g/mol. The molecule has 0 saturated carbocycles. The third-order valence-corrected chi connectivity index (χ3v) is 3.06. The van der Waals surface area contributed by atoms with Gasteiger partial charge in [-0.25, -0.2) is 4.79 Å². The van der Waals surface area contributed by atoms with Crippen LogP contribution in [-0.2, 0) is 4.74 Å². The Hall–Kier alpha value is -1.98. The lowest BCUT2D eigenvalue weighted by molar-refractivity contribution is 0.0987. The Bertz CT molecular complexity index is 461. The van der Waals surface area contributed by atoms with Crippen molar-refractivity contribution in [2.45, 2.75) is 13.8 Å². The minimum absolute atomic E-state index is 0.0867. The van der Waals surface area contributed by atoms with Crippen LogP contribution >= 0.6 is 0 Å². The van der Waals surface area contributed by atoms with Crippen LogP contribution in [0.25, 0.3) is 0 Å². The summed E-state index contributed by atoms with van der Waals surface area (Å²) in [5, 5.41) is 0. The first kappa shape index (κ1) is 13.5. The van der Waals surface area contributed by atoms with Gasteiger partial charge >= 0.3 is 6.09 Å². The standard InChI is InChI=1S/C13H18N2O4/c1-3-18-13(17)15-8-6-14(7-9-15)12-5-4-11(19-12)10(2)16/h4-5H,3,6-9H2,1-2H3. The lowest BCUT2D eigenvalue weighted by Crippen LogP contribution is -2.48. The predicted octanol–water partition coefficient (Wildman–Crippen LogP) is 1.76. The highest BCUT2D eigenvalue weighted by molar-refractivity contribution is 5.91. The first-order valence-corrected chi connectivity index (χ1v) is 6.39. The zero-order valence-corrected chi connectivity index (χ0v) is 11.2. The van der Waals surface area contributed by atoms with E-state index in [9.17, 15) is 9.59 Å². The number of carbonyl (C=O) groups is 2. The number of hydrogen-bond acceptors (Lipinski definition) is 5. The number of anilines is 1. The summed E-state index contributed by atoms with van der Waals surface area (Å²) in [6.45, 7) is 6.18. The van der Waals surface area contributed by atoms with E-state index in [1.165, 1.54) is 6.92 Å². The van der Waals surface area contributed by atoms with Crippen LogP contribution < -0.4 is 4.90 Å². The highest BCUT2D eigenvalue weighted by atomic mass is 16.6. The van der Waals surface area contributed by atoms with Crippen molar-refractivity contribution in [1.82, 2.24) is 4.90 Å². The SMILES string of the molecule is CCOC(=O)N1CCN(c2ccc(C(C)=O)o2)CC1. The van der Waals surface area contributed by atoms with Crippen molar-refractivity contribution in [2.24, 2.45) is 0 Å². The first-order valence-electron chi connectivity index (χ1n) is 6.39. The second-order valence-corrected chi connectivity index (χ2v) is 4.37. The third kappa shape index (κ3) is 3.07. The molecule has 6 heteroatoms. The van der Waals surface area contributed by atoms with Gasteiger partial charge in [0, 0.05) is 39.2 Å². The van der Waals surface area contributed by atoms with Crippen LogP contribution in [0.15, 0.2) is 16.5 Å². The number of ether oxygens (including phenoxy) is 1. The van der Waals surface area contributed by atoms with Crippen LogP contribution in [0.5, 0.6) is 0 Å². The van der Waals surface area contributed by atoms with Crippen LogP contribution in [-0.4, -0.2) is 49.6 Å². The summed E-state index contributed by atoms with van der Waals surface area (Å²) in [5.41, 5.74) is 0. The summed E-state index contributed by atoms with van der Waals surface area (Å²) in [4.78, 5) is 26.4. The lowest BCUT2D eigenvalue weighted by atomic mass is 10.3. The van der Waals surface area contributed by atoms with Gasteiger partial charge in [-0.3, -0.25) is 4.79 Å². The molecule has 1 aromatic heterocycles. The Balaban J connectivity index is 1.92. The molecule has 104 valence electrons. The number of carbonyl (C=O) groups excluding carboxylic acids is 2. The highest BCUT2D eigenvalue weighted by Crippen LogP contribution is 2.20. The van der Waals surface area contributed by atoms with Crippen LogP contribution in [0.1, 0.15) is 24.4 Å². The summed E-state index contributed by atoms with van der Waals surface area (Å²) in [5.74, 6) is 0.952. The van der Waals surface area contributed by atoms with Gasteiger partial charge in [0.1, 0.15) is 0 Å². The van der Waals surface area contributed by atoms with Crippen LogP contribution in [0.3, 0.4) is 0 Å². The van der Waals surface area contributed by atoms with Gasteiger partial charge in [-0.2, -0.15) is 0 Å². The van der Waals surface area contributed by atoms with Crippen molar-refractivity contribution in [1.29, 1.82) is 0 Å². The maximum Gasteiger partial charge on any atom is 0.409 e.